The van der Waals surface area contributed by atoms with Crippen molar-refractivity contribution in [1.29, 1.82) is 0 Å². The molecule has 0 aliphatic carbocycles. The highest BCUT2D eigenvalue weighted by atomic mass is 35.5. The van der Waals surface area contributed by atoms with E-state index in [1.54, 1.807) is 4.57 Å². The Labute approximate surface area is 236 Å². The van der Waals surface area contributed by atoms with Gasteiger partial charge in [-0.3, -0.25) is 0 Å². The molecule has 0 radical (unpaired) electrons. The van der Waals surface area contributed by atoms with Gasteiger partial charge in [0.2, 0.25) is 16.0 Å². The number of piperidine rings is 2. The number of hydrogen-bond donors (Lipinski definition) is 1. The zero-order chi connectivity index (χ0) is 28.7. The maximum absolute atomic E-state index is 13.9. The number of rotatable bonds is 6. The molecule has 3 aromatic rings. The minimum Gasteiger partial charge on any atom is -0.351 e. The zero-order valence-corrected chi connectivity index (χ0v) is 23.8. The second kappa shape index (κ2) is 11.3. The Morgan fingerprint density at radius 3 is 2.38 bits per heavy atom. The molecule has 14 heteroatoms. The average molecular weight is 598 g/mol. The van der Waals surface area contributed by atoms with Gasteiger partial charge in [0.05, 0.1) is 17.0 Å². The van der Waals surface area contributed by atoms with Crippen molar-refractivity contribution >= 4 is 27.6 Å². The number of hydrogen-bond acceptors (Lipinski definition) is 7. The van der Waals surface area contributed by atoms with Gasteiger partial charge in [0.1, 0.15) is 23.3 Å². The molecule has 5 rings (SSSR count). The lowest BCUT2D eigenvalue weighted by molar-refractivity contribution is -0.137. The van der Waals surface area contributed by atoms with Gasteiger partial charge in [-0.2, -0.15) is 13.2 Å². The summed E-state index contributed by atoms with van der Waals surface area (Å²) in [5.74, 6) is 0.442. The van der Waals surface area contributed by atoms with Gasteiger partial charge in [-0.15, -0.1) is 0 Å². The lowest BCUT2D eigenvalue weighted by Crippen LogP contribution is -2.42. The van der Waals surface area contributed by atoms with Gasteiger partial charge < -0.3 is 14.8 Å². The van der Waals surface area contributed by atoms with Gasteiger partial charge in [-0.25, -0.2) is 27.7 Å². The topological polar surface area (TPSA) is 96.3 Å². The number of imidazole rings is 1. The van der Waals surface area contributed by atoms with Gasteiger partial charge in [0.25, 0.3) is 0 Å². The third kappa shape index (κ3) is 6.42. The first-order valence-electron chi connectivity index (χ1n) is 13.1. The highest BCUT2D eigenvalue weighted by Gasteiger charge is 2.36. The highest BCUT2D eigenvalue weighted by molar-refractivity contribution is 7.88. The van der Waals surface area contributed by atoms with E-state index in [0.29, 0.717) is 42.6 Å². The van der Waals surface area contributed by atoms with Gasteiger partial charge in [0, 0.05) is 31.5 Å². The third-order valence-corrected chi connectivity index (χ3v) is 9.22. The number of sulfonamides is 1. The Balaban J connectivity index is 1.38. The van der Waals surface area contributed by atoms with Crippen molar-refractivity contribution in [3.8, 4) is 17.1 Å². The van der Waals surface area contributed by atoms with Crippen LogP contribution >= 0.6 is 11.6 Å². The van der Waals surface area contributed by atoms with Crippen molar-refractivity contribution in [1.82, 2.24) is 28.7 Å². The molecule has 2 aliphatic rings. The second-order valence-electron chi connectivity index (χ2n) is 10.5. The number of nitrogens with one attached hydrogen (secondary N) is 1. The smallest absolute Gasteiger partial charge is 0.351 e. The fourth-order valence-electron chi connectivity index (χ4n) is 5.27. The van der Waals surface area contributed by atoms with Gasteiger partial charge >= 0.3 is 6.18 Å². The highest BCUT2D eigenvalue weighted by Crippen LogP contribution is 2.37. The monoisotopic (exact) mass is 597 g/mol. The maximum Gasteiger partial charge on any atom is 0.420 e. The van der Waals surface area contributed by atoms with E-state index in [-0.39, 0.29) is 23.4 Å². The summed E-state index contributed by atoms with van der Waals surface area (Å²) < 4.78 is 68.2. The number of alkyl halides is 3. The van der Waals surface area contributed by atoms with E-state index < -0.39 is 21.8 Å². The summed E-state index contributed by atoms with van der Waals surface area (Å²) in [6.07, 6.45) is 3.16. The molecular formula is C26H31ClF3N7O2S. The predicted octanol–water partition coefficient (Wildman–Crippen LogP) is 4.65. The summed E-state index contributed by atoms with van der Waals surface area (Å²) in [5, 5.41) is 3.55. The van der Waals surface area contributed by atoms with Crippen LogP contribution in [0.25, 0.3) is 17.1 Å². The van der Waals surface area contributed by atoms with Crippen molar-refractivity contribution in [3.63, 3.8) is 0 Å². The van der Waals surface area contributed by atoms with Gasteiger partial charge in [0.15, 0.2) is 0 Å². The fraction of sp³-hybridized carbons (Fsp3) is 0.500. The molecule has 2 aromatic heterocycles. The van der Waals surface area contributed by atoms with Crippen LogP contribution in [0.5, 0.6) is 0 Å². The zero-order valence-electron chi connectivity index (χ0n) is 22.2. The van der Waals surface area contributed by atoms with Crippen molar-refractivity contribution in [3.05, 3.63) is 53.1 Å². The lowest BCUT2D eigenvalue weighted by Gasteiger charge is -2.30. The summed E-state index contributed by atoms with van der Waals surface area (Å²) in [6.45, 7) is 2.66. The van der Waals surface area contributed by atoms with Crippen LogP contribution in [0.2, 0.25) is 5.02 Å². The molecule has 0 unspecified atom stereocenters. The van der Waals surface area contributed by atoms with E-state index in [2.05, 4.69) is 32.2 Å². The Morgan fingerprint density at radius 1 is 1.05 bits per heavy atom. The first-order valence-corrected chi connectivity index (χ1v) is 15.3. The number of nitrogens with zero attached hydrogens (tertiary/aromatic N) is 6. The van der Waals surface area contributed by atoms with E-state index in [9.17, 15) is 21.6 Å². The third-order valence-electron chi connectivity index (χ3n) is 7.62. The number of benzene rings is 1. The molecular weight excluding hydrogens is 567 g/mol. The number of halogens is 4. The summed E-state index contributed by atoms with van der Waals surface area (Å²) in [5.41, 5.74) is 0.432. The van der Waals surface area contributed by atoms with Crippen LogP contribution in [0.3, 0.4) is 0 Å². The molecule has 9 nitrogen and oxygen atoms in total. The van der Waals surface area contributed by atoms with E-state index in [1.807, 2.05) is 18.2 Å². The molecule has 2 aliphatic heterocycles. The quantitative estimate of drug-likeness (QED) is 0.442. The summed E-state index contributed by atoms with van der Waals surface area (Å²) in [7, 11) is -1.19. The molecule has 1 N–H and O–H groups in total. The maximum atomic E-state index is 13.9. The Morgan fingerprint density at radius 2 is 1.75 bits per heavy atom. The molecule has 216 valence electrons. The molecule has 0 amide bonds. The summed E-state index contributed by atoms with van der Waals surface area (Å²) in [6, 6.07) is 5.62. The molecule has 1 aromatic carbocycles. The standard InChI is InChI=1S/C26H31ClF3N7O2S/c1-35-9-5-17(6-10-35)18-3-4-23(21(27)13-18)36-15-22(32-16-36)24-20(26(28,29)30)14-31-25(34-24)33-19-7-11-37(12-8-19)40(2,38)39/h3-4,13-17,19H,5-12H2,1-2H3,(H,31,33,34). The van der Waals surface area contributed by atoms with E-state index >= 15 is 0 Å². The van der Waals surface area contributed by atoms with Crippen LogP contribution in [-0.4, -0.2) is 82.7 Å². The van der Waals surface area contributed by atoms with Crippen LogP contribution in [-0.2, 0) is 16.2 Å². The van der Waals surface area contributed by atoms with Gasteiger partial charge in [-0.05, 0) is 69.4 Å². The Hall–Kier alpha value is -2.74. The molecule has 0 atom stereocenters. The number of likely N-dealkylation sites (tertiary alicyclic amines) is 1. The van der Waals surface area contributed by atoms with Crippen LogP contribution in [0.1, 0.15) is 42.7 Å². The van der Waals surface area contributed by atoms with Gasteiger partial charge in [-0.1, -0.05) is 17.7 Å². The molecule has 0 bridgehead atoms. The molecule has 40 heavy (non-hydrogen) atoms. The number of aromatic nitrogens is 4. The van der Waals surface area contributed by atoms with Crippen LogP contribution in [0, 0.1) is 0 Å². The molecule has 0 spiro atoms. The Kier molecular flexibility index (Phi) is 8.10. The van der Waals surface area contributed by atoms with Crippen molar-refractivity contribution in [2.45, 2.75) is 43.8 Å². The van der Waals surface area contributed by atoms with Crippen molar-refractivity contribution in [2.75, 3.05) is 44.8 Å². The normalized spacial score (nSPS) is 18.8. The SMILES string of the molecule is CN1CCC(c2ccc(-n3cnc(-c4nc(NC5CCN(S(C)(=O)=O)CC5)ncc4C(F)(F)F)c3)c(Cl)c2)CC1. The van der Waals surface area contributed by atoms with Crippen molar-refractivity contribution in [2.24, 2.45) is 0 Å². The van der Waals surface area contributed by atoms with Crippen LogP contribution in [0.15, 0.2) is 36.9 Å². The minimum absolute atomic E-state index is 0.0240. The minimum atomic E-state index is -4.69. The van der Waals surface area contributed by atoms with E-state index in [0.717, 1.165) is 43.9 Å². The average Bonchev–Trinajstić information content (AvgIpc) is 3.38. The van der Waals surface area contributed by atoms with Crippen LogP contribution in [0.4, 0.5) is 19.1 Å². The van der Waals surface area contributed by atoms with E-state index in [4.69, 9.17) is 11.6 Å². The summed E-state index contributed by atoms with van der Waals surface area (Å²) in [4.78, 5) is 14.6. The molecule has 4 heterocycles. The molecule has 0 saturated carbocycles. The first-order chi connectivity index (χ1) is 18.9. The fourth-order valence-corrected chi connectivity index (χ4v) is 6.43. The largest absolute Gasteiger partial charge is 0.420 e. The van der Waals surface area contributed by atoms with Crippen molar-refractivity contribution < 1.29 is 21.6 Å². The summed E-state index contributed by atoms with van der Waals surface area (Å²) >= 11 is 6.63. The molecule has 2 saturated heterocycles. The second-order valence-corrected chi connectivity index (χ2v) is 12.9. The van der Waals surface area contributed by atoms with Crippen LogP contribution < -0.4 is 5.32 Å². The Bertz CT molecular complexity index is 1470. The lowest BCUT2D eigenvalue weighted by atomic mass is 9.89. The van der Waals surface area contributed by atoms with E-state index in [1.165, 1.54) is 16.8 Å². The first kappa shape index (κ1) is 28.8. The molecule has 2 fully saturated rings. The number of anilines is 1. The predicted molar refractivity (Wildman–Crippen MR) is 147 cm³/mol.